The summed E-state index contributed by atoms with van der Waals surface area (Å²) >= 11 is 0. The van der Waals surface area contributed by atoms with Gasteiger partial charge in [0.1, 0.15) is 17.2 Å². The summed E-state index contributed by atoms with van der Waals surface area (Å²) in [7, 11) is 3.31. The molecule has 0 saturated carbocycles. The van der Waals surface area contributed by atoms with Crippen LogP contribution in [0.25, 0.3) is 0 Å². The zero-order valence-electron chi connectivity index (χ0n) is 16.7. The van der Waals surface area contributed by atoms with Crippen LogP contribution in [0.15, 0.2) is 47.4 Å². The number of oxime groups is 1. The summed E-state index contributed by atoms with van der Waals surface area (Å²) in [5, 5.41) is 8.14. The molecule has 2 aromatic rings. The van der Waals surface area contributed by atoms with Crippen molar-refractivity contribution in [1.82, 2.24) is 9.78 Å². The minimum Gasteiger partial charge on any atom is -0.439 e. The summed E-state index contributed by atoms with van der Waals surface area (Å²) in [5.41, 5.74) is 0.727. The molecule has 0 bridgehead atoms. The Morgan fingerprint density at radius 1 is 1.32 bits per heavy atom. The third-order valence-electron chi connectivity index (χ3n) is 3.74. The van der Waals surface area contributed by atoms with E-state index in [1.165, 1.54) is 6.21 Å². The van der Waals surface area contributed by atoms with Gasteiger partial charge in [0, 0.05) is 20.2 Å². The van der Waals surface area contributed by atoms with Gasteiger partial charge < -0.3 is 14.3 Å². The molecule has 6 nitrogen and oxygen atoms in total. The van der Waals surface area contributed by atoms with Crippen LogP contribution in [0.3, 0.4) is 0 Å². The number of aromatic nitrogens is 2. The highest BCUT2D eigenvalue weighted by Gasteiger charge is 2.14. The normalized spacial score (nSPS) is 12.0. The van der Waals surface area contributed by atoms with E-state index in [0.29, 0.717) is 22.9 Å². The van der Waals surface area contributed by atoms with Crippen LogP contribution in [-0.2, 0) is 16.6 Å². The van der Waals surface area contributed by atoms with Gasteiger partial charge in [-0.3, -0.25) is 0 Å². The molecule has 0 amide bonds. The van der Waals surface area contributed by atoms with Crippen molar-refractivity contribution in [2.24, 2.45) is 12.2 Å². The molecule has 148 valence electrons. The fourth-order valence-electron chi connectivity index (χ4n) is 2.09. The van der Waals surface area contributed by atoms with Gasteiger partial charge in [-0.2, -0.15) is 5.10 Å². The number of halogens is 1. The number of hydrogen-bond donors (Lipinski definition) is 0. The highest BCUT2D eigenvalue weighted by atomic mass is 19.1. The molecule has 0 atom stereocenters. The van der Waals surface area contributed by atoms with Crippen LogP contribution in [0, 0.1) is 18.8 Å². The molecule has 0 aliphatic carbocycles. The first-order valence-corrected chi connectivity index (χ1v) is 8.66. The summed E-state index contributed by atoms with van der Waals surface area (Å²) in [6.07, 6.45) is 2.59. The Morgan fingerprint density at radius 3 is 2.71 bits per heavy atom. The predicted octanol–water partition coefficient (Wildman–Crippen LogP) is 4.15. The number of para-hydroxylation sites is 1. The Kier molecular flexibility index (Phi) is 7.36. The summed E-state index contributed by atoms with van der Waals surface area (Å²) in [4.78, 5) is 5.01. The van der Waals surface area contributed by atoms with Crippen molar-refractivity contribution in [3.05, 3.63) is 53.5 Å². The number of ether oxygens (including phenoxy) is 2. The Hall–Kier alpha value is -3.11. The molecule has 1 aromatic heterocycles. The van der Waals surface area contributed by atoms with Crippen LogP contribution in [-0.4, -0.2) is 35.3 Å². The van der Waals surface area contributed by atoms with Crippen LogP contribution in [0.1, 0.15) is 25.1 Å². The Morgan fingerprint density at radius 2 is 2.04 bits per heavy atom. The first kappa shape index (κ1) is 21.2. The average molecular weight is 385 g/mol. The molecule has 28 heavy (non-hydrogen) atoms. The zero-order chi connectivity index (χ0) is 20.6. The molecule has 1 heterocycles. The third kappa shape index (κ3) is 6.25. The van der Waals surface area contributed by atoms with Crippen molar-refractivity contribution in [1.29, 1.82) is 0 Å². The molecule has 0 aliphatic heterocycles. The summed E-state index contributed by atoms with van der Waals surface area (Å²) < 4.78 is 26.4. The average Bonchev–Trinajstić information content (AvgIpc) is 2.92. The third-order valence-corrected chi connectivity index (χ3v) is 3.74. The predicted molar refractivity (Wildman–Crippen MR) is 106 cm³/mol. The molecular formula is C21H24FN3O3. The SMILES string of the molecule is COC(C)(C)C#CC=C(F)CON=Cc1c(C)nn(C)c1Oc1ccccc1. The fraction of sp³-hybridized carbons (Fsp3) is 0.333. The first-order chi connectivity index (χ1) is 13.3. The fourth-order valence-corrected chi connectivity index (χ4v) is 2.09. The van der Waals surface area contributed by atoms with Gasteiger partial charge in [0.2, 0.25) is 5.88 Å². The maximum Gasteiger partial charge on any atom is 0.226 e. The molecule has 1 aromatic carbocycles. The van der Waals surface area contributed by atoms with Gasteiger partial charge in [-0.25, -0.2) is 9.07 Å². The smallest absolute Gasteiger partial charge is 0.226 e. The minimum atomic E-state index is -0.636. The molecular weight excluding hydrogens is 361 g/mol. The van der Waals surface area contributed by atoms with Gasteiger partial charge in [-0.05, 0) is 32.9 Å². The number of rotatable bonds is 7. The molecule has 0 radical (unpaired) electrons. The van der Waals surface area contributed by atoms with Crippen molar-refractivity contribution in [3.8, 4) is 23.5 Å². The second-order valence-electron chi connectivity index (χ2n) is 6.43. The molecule has 0 fully saturated rings. The van der Waals surface area contributed by atoms with E-state index in [0.717, 1.165) is 6.08 Å². The van der Waals surface area contributed by atoms with E-state index in [2.05, 4.69) is 22.1 Å². The van der Waals surface area contributed by atoms with Crippen molar-refractivity contribution < 1.29 is 18.7 Å². The van der Waals surface area contributed by atoms with E-state index in [9.17, 15) is 4.39 Å². The Bertz CT molecular complexity index is 906. The van der Waals surface area contributed by atoms with Gasteiger partial charge in [-0.1, -0.05) is 35.2 Å². The van der Waals surface area contributed by atoms with Crippen molar-refractivity contribution >= 4 is 6.21 Å². The molecule has 0 aliphatic rings. The lowest BCUT2D eigenvalue weighted by Crippen LogP contribution is -2.18. The number of methoxy groups -OCH3 is 1. The van der Waals surface area contributed by atoms with Crippen LogP contribution < -0.4 is 4.74 Å². The maximum absolute atomic E-state index is 13.7. The summed E-state index contributed by atoms with van der Waals surface area (Å²) in [5.74, 6) is 6.04. The summed E-state index contributed by atoms with van der Waals surface area (Å²) in [6.45, 7) is 5.08. The zero-order valence-corrected chi connectivity index (χ0v) is 16.7. The molecule has 0 unspecified atom stereocenters. The van der Waals surface area contributed by atoms with E-state index >= 15 is 0 Å². The van der Waals surface area contributed by atoms with E-state index < -0.39 is 11.4 Å². The Balaban J connectivity index is 2.01. The minimum absolute atomic E-state index is 0.327. The van der Waals surface area contributed by atoms with Crippen LogP contribution >= 0.6 is 0 Å². The van der Waals surface area contributed by atoms with E-state index in [4.69, 9.17) is 14.3 Å². The Labute approximate surface area is 164 Å². The molecule has 0 N–H and O–H groups in total. The van der Waals surface area contributed by atoms with E-state index in [-0.39, 0.29) is 6.61 Å². The second kappa shape index (κ2) is 9.72. The highest BCUT2D eigenvalue weighted by molar-refractivity contribution is 5.84. The lowest BCUT2D eigenvalue weighted by Gasteiger charge is -2.13. The summed E-state index contributed by atoms with van der Waals surface area (Å²) in [6, 6.07) is 9.33. The van der Waals surface area contributed by atoms with Gasteiger partial charge in [0.05, 0.1) is 17.5 Å². The van der Waals surface area contributed by atoms with Crippen LogP contribution in [0.2, 0.25) is 0 Å². The number of nitrogens with zero attached hydrogens (tertiary/aromatic N) is 3. The molecule has 7 heteroatoms. The van der Waals surface area contributed by atoms with E-state index in [1.54, 1.807) is 32.7 Å². The topological polar surface area (TPSA) is 57.9 Å². The highest BCUT2D eigenvalue weighted by Crippen LogP contribution is 2.25. The van der Waals surface area contributed by atoms with Crippen LogP contribution in [0.4, 0.5) is 4.39 Å². The van der Waals surface area contributed by atoms with Crippen LogP contribution in [0.5, 0.6) is 11.6 Å². The first-order valence-electron chi connectivity index (χ1n) is 8.66. The number of benzene rings is 1. The maximum atomic E-state index is 13.7. The lowest BCUT2D eigenvalue weighted by atomic mass is 10.1. The quantitative estimate of drug-likeness (QED) is 0.408. The van der Waals surface area contributed by atoms with Gasteiger partial charge >= 0.3 is 0 Å². The number of allylic oxidation sites excluding steroid dienone is 1. The number of hydrogen-bond acceptors (Lipinski definition) is 5. The van der Waals surface area contributed by atoms with Gasteiger partial charge in [0.25, 0.3) is 0 Å². The van der Waals surface area contributed by atoms with Gasteiger partial charge in [-0.15, -0.1) is 0 Å². The standard InChI is InChI=1S/C21H24FN3O3/c1-16-19(20(25(4)24-16)28-18-11-7-6-8-12-18)14-23-27-15-17(22)10-9-13-21(2,3)26-5/h6-8,10-12,14H,15H2,1-5H3. The van der Waals surface area contributed by atoms with E-state index in [1.807, 2.05) is 37.3 Å². The molecule has 0 spiro atoms. The van der Waals surface area contributed by atoms with Crippen molar-refractivity contribution in [3.63, 3.8) is 0 Å². The molecule has 0 saturated heterocycles. The lowest BCUT2D eigenvalue weighted by molar-refractivity contribution is 0.0742. The van der Waals surface area contributed by atoms with Crippen molar-refractivity contribution in [2.75, 3.05) is 13.7 Å². The molecule has 2 rings (SSSR count). The second-order valence-corrected chi connectivity index (χ2v) is 6.43. The largest absolute Gasteiger partial charge is 0.439 e. The monoisotopic (exact) mass is 385 g/mol. The van der Waals surface area contributed by atoms with Gasteiger partial charge in [0.15, 0.2) is 6.61 Å². The van der Waals surface area contributed by atoms with Crippen molar-refractivity contribution in [2.45, 2.75) is 26.4 Å². The number of aryl methyl sites for hydroxylation is 2.